The maximum absolute atomic E-state index is 11.0. The summed E-state index contributed by atoms with van der Waals surface area (Å²) in [7, 11) is 2.12. The molecule has 3 rings (SSSR count). The van der Waals surface area contributed by atoms with Crippen molar-refractivity contribution >= 4 is 5.97 Å². The highest BCUT2D eigenvalue weighted by atomic mass is 16.5. The molecule has 33 heavy (non-hydrogen) atoms. The van der Waals surface area contributed by atoms with Gasteiger partial charge in [-0.1, -0.05) is 79.9 Å². The standard InChI is InChI=1S/C28H39NO4/c1-29(19-18-22-12-6-4-7-13-22)28-24(16-10-2-3-11-17-27(31)32)26(20-25(28)30)33-21-23-14-8-5-9-15-23/h4-9,12-15,24-26,28,30H,2-3,10-11,16-21H2,1H3,(H,31,32)/t24-,25+,26-,28+/m0/s1. The molecule has 180 valence electrons. The third kappa shape index (κ3) is 8.26. The number of aliphatic hydroxyl groups is 1. The number of carbonyl (C=O) groups is 1. The number of hydrogen-bond acceptors (Lipinski definition) is 4. The molecule has 0 spiro atoms. The number of carboxylic acid groups (broad SMARTS) is 1. The van der Waals surface area contributed by atoms with Gasteiger partial charge in [0.15, 0.2) is 0 Å². The number of nitrogens with zero attached hydrogens (tertiary/aromatic N) is 1. The number of ether oxygens (including phenoxy) is 1. The zero-order valence-electron chi connectivity index (χ0n) is 19.8. The molecule has 0 unspecified atom stereocenters. The Labute approximate surface area is 198 Å². The van der Waals surface area contributed by atoms with Crippen LogP contribution < -0.4 is 0 Å². The van der Waals surface area contributed by atoms with E-state index in [1.165, 1.54) is 5.56 Å². The Balaban J connectivity index is 1.58. The minimum atomic E-state index is -0.719. The summed E-state index contributed by atoms with van der Waals surface area (Å²) < 4.78 is 6.36. The summed E-state index contributed by atoms with van der Waals surface area (Å²) in [6.45, 7) is 1.46. The smallest absolute Gasteiger partial charge is 0.303 e. The second-order valence-corrected chi connectivity index (χ2v) is 9.36. The van der Waals surface area contributed by atoms with Gasteiger partial charge in [0.05, 0.1) is 18.8 Å². The molecule has 0 radical (unpaired) electrons. The average molecular weight is 454 g/mol. The summed E-state index contributed by atoms with van der Waals surface area (Å²) >= 11 is 0. The largest absolute Gasteiger partial charge is 0.481 e. The number of unbranched alkanes of at least 4 members (excludes halogenated alkanes) is 3. The zero-order valence-corrected chi connectivity index (χ0v) is 19.8. The summed E-state index contributed by atoms with van der Waals surface area (Å²) in [4.78, 5) is 13.1. The van der Waals surface area contributed by atoms with Gasteiger partial charge in [0.25, 0.3) is 0 Å². The van der Waals surface area contributed by atoms with Crippen molar-refractivity contribution in [1.29, 1.82) is 0 Å². The molecule has 1 saturated carbocycles. The van der Waals surface area contributed by atoms with Crippen LogP contribution in [0.5, 0.6) is 0 Å². The van der Waals surface area contributed by atoms with Crippen LogP contribution in [0.15, 0.2) is 60.7 Å². The first-order valence-electron chi connectivity index (χ1n) is 12.3. The molecule has 1 fully saturated rings. The highest BCUT2D eigenvalue weighted by Crippen LogP contribution is 2.36. The van der Waals surface area contributed by atoms with E-state index in [9.17, 15) is 9.90 Å². The number of likely N-dealkylation sites (N-methyl/N-ethyl adjacent to an activating group) is 1. The van der Waals surface area contributed by atoms with Crippen LogP contribution in [0.2, 0.25) is 0 Å². The molecule has 0 amide bonds. The van der Waals surface area contributed by atoms with Gasteiger partial charge in [-0.05, 0) is 37.4 Å². The van der Waals surface area contributed by atoms with Crippen molar-refractivity contribution in [3.8, 4) is 0 Å². The van der Waals surface area contributed by atoms with E-state index in [0.717, 1.165) is 50.6 Å². The van der Waals surface area contributed by atoms with Crippen LogP contribution in [0.25, 0.3) is 0 Å². The van der Waals surface area contributed by atoms with Gasteiger partial charge >= 0.3 is 5.97 Å². The van der Waals surface area contributed by atoms with Crippen LogP contribution in [-0.2, 0) is 22.6 Å². The van der Waals surface area contributed by atoms with Crippen LogP contribution in [0.4, 0.5) is 0 Å². The van der Waals surface area contributed by atoms with E-state index in [1.807, 2.05) is 24.3 Å². The van der Waals surface area contributed by atoms with Gasteiger partial charge in [-0.15, -0.1) is 0 Å². The highest BCUT2D eigenvalue weighted by Gasteiger charge is 2.44. The SMILES string of the molecule is CN(CCc1ccccc1)[C@@H]1[C@@H](CCCCCCC(=O)O)[C@@H](OCc2ccccc2)C[C@H]1O. The number of carboxylic acids is 1. The van der Waals surface area contributed by atoms with Crippen molar-refractivity contribution in [3.05, 3.63) is 71.8 Å². The van der Waals surface area contributed by atoms with Gasteiger partial charge in [0, 0.05) is 31.3 Å². The second-order valence-electron chi connectivity index (χ2n) is 9.36. The first kappa shape index (κ1) is 25.4. The summed E-state index contributed by atoms with van der Waals surface area (Å²) in [5.74, 6) is -0.452. The van der Waals surface area contributed by atoms with Gasteiger partial charge in [0.2, 0.25) is 0 Å². The molecule has 5 heteroatoms. The van der Waals surface area contributed by atoms with Gasteiger partial charge in [-0.3, -0.25) is 4.79 Å². The fraction of sp³-hybridized carbons (Fsp3) is 0.536. The molecule has 0 aromatic heterocycles. The Morgan fingerprint density at radius 1 is 0.970 bits per heavy atom. The molecule has 2 aromatic carbocycles. The van der Waals surface area contributed by atoms with Crippen LogP contribution in [-0.4, -0.2) is 52.9 Å². The van der Waals surface area contributed by atoms with Crippen LogP contribution in [0.1, 0.15) is 56.1 Å². The predicted molar refractivity (Wildman–Crippen MR) is 131 cm³/mol. The Bertz CT molecular complexity index is 813. The predicted octanol–water partition coefficient (Wildman–Crippen LogP) is 4.92. The number of benzene rings is 2. The normalized spacial score (nSPS) is 22.6. The lowest BCUT2D eigenvalue weighted by atomic mass is 9.92. The van der Waals surface area contributed by atoms with E-state index in [0.29, 0.717) is 13.0 Å². The molecule has 0 bridgehead atoms. The zero-order chi connectivity index (χ0) is 23.5. The Hall–Kier alpha value is -2.21. The minimum absolute atomic E-state index is 0.0309. The number of aliphatic carboxylic acids is 1. The Morgan fingerprint density at radius 2 is 1.61 bits per heavy atom. The van der Waals surface area contributed by atoms with Crippen molar-refractivity contribution in [2.45, 2.75) is 76.2 Å². The molecular formula is C28H39NO4. The lowest BCUT2D eigenvalue weighted by Crippen LogP contribution is -2.44. The number of aliphatic hydroxyl groups excluding tert-OH is 1. The molecule has 4 atom stereocenters. The first-order chi connectivity index (χ1) is 16.0. The van der Waals surface area contributed by atoms with Crippen molar-refractivity contribution < 1.29 is 19.7 Å². The van der Waals surface area contributed by atoms with E-state index in [-0.39, 0.29) is 24.5 Å². The molecule has 1 aliphatic rings. The topological polar surface area (TPSA) is 70.0 Å². The van der Waals surface area contributed by atoms with Crippen molar-refractivity contribution in [1.82, 2.24) is 4.90 Å². The van der Waals surface area contributed by atoms with Crippen molar-refractivity contribution in [3.63, 3.8) is 0 Å². The fourth-order valence-corrected chi connectivity index (χ4v) is 5.11. The van der Waals surface area contributed by atoms with Crippen molar-refractivity contribution in [2.75, 3.05) is 13.6 Å². The summed E-state index contributed by atoms with van der Waals surface area (Å²) in [6, 6.07) is 20.8. The minimum Gasteiger partial charge on any atom is -0.481 e. The second kappa shape index (κ2) is 13.5. The third-order valence-electron chi connectivity index (χ3n) is 6.87. The molecule has 0 saturated heterocycles. The third-order valence-corrected chi connectivity index (χ3v) is 6.87. The van der Waals surface area contributed by atoms with Crippen LogP contribution >= 0.6 is 0 Å². The molecule has 1 aliphatic carbocycles. The Morgan fingerprint density at radius 3 is 2.27 bits per heavy atom. The van der Waals surface area contributed by atoms with E-state index >= 15 is 0 Å². The van der Waals surface area contributed by atoms with Crippen molar-refractivity contribution in [2.24, 2.45) is 5.92 Å². The van der Waals surface area contributed by atoms with E-state index < -0.39 is 12.1 Å². The monoisotopic (exact) mass is 453 g/mol. The van der Waals surface area contributed by atoms with E-state index in [1.54, 1.807) is 0 Å². The molecular weight excluding hydrogens is 414 g/mol. The molecule has 2 aromatic rings. The van der Waals surface area contributed by atoms with Gasteiger partial charge in [-0.2, -0.15) is 0 Å². The first-order valence-corrected chi connectivity index (χ1v) is 12.3. The molecule has 5 nitrogen and oxygen atoms in total. The van der Waals surface area contributed by atoms with Crippen LogP contribution in [0, 0.1) is 5.92 Å². The Kier molecular flexibility index (Phi) is 10.4. The van der Waals surface area contributed by atoms with E-state index in [2.05, 4.69) is 48.3 Å². The highest BCUT2D eigenvalue weighted by molar-refractivity contribution is 5.66. The van der Waals surface area contributed by atoms with Gasteiger partial charge in [-0.25, -0.2) is 0 Å². The number of hydrogen-bond donors (Lipinski definition) is 2. The molecule has 0 heterocycles. The molecule has 0 aliphatic heterocycles. The van der Waals surface area contributed by atoms with Crippen LogP contribution in [0.3, 0.4) is 0 Å². The average Bonchev–Trinajstić information content (AvgIpc) is 3.14. The van der Waals surface area contributed by atoms with Gasteiger partial charge in [0.1, 0.15) is 0 Å². The fourth-order valence-electron chi connectivity index (χ4n) is 5.11. The maximum atomic E-state index is 11.0. The molecule has 2 N–H and O–H groups in total. The summed E-state index contributed by atoms with van der Waals surface area (Å²) in [5.41, 5.74) is 2.46. The lowest BCUT2D eigenvalue weighted by Gasteiger charge is -2.33. The lowest BCUT2D eigenvalue weighted by molar-refractivity contribution is -0.137. The van der Waals surface area contributed by atoms with Gasteiger partial charge < -0.3 is 19.8 Å². The van der Waals surface area contributed by atoms with E-state index in [4.69, 9.17) is 9.84 Å². The quantitative estimate of drug-likeness (QED) is 0.397. The summed E-state index contributed by atoms with van der Waals surface area (Å²) in [5, 5.41) is 19.8. The number of rotatable bonds is 14. The summed E-state index contributed by atoms with van der Waals surface area (Å²) in [6.07, 6.45) is 6.21. The maximum Gasteiger partial charge on any atom is 0.303 e.